The van der Waals surface area contributed by atoms with Gasteiger partial charge in [0.1, 0.15) is 0 Å². The maximum absolute atomic E-state index is 3.74. The molecule has 1 aliphatic rings. The molecule has 0 bridgehead atoms. The predicted octanol–water partition coefficient (Wildman–Crippen LogP) is 3.59. The molecule has 1 N–H and O–H groups in total. The molecule has 14 heavy (non-hydrogen) atoms. The maximum Gasteiger partial charge on any atom is 0.00698 e. The Morgan fingerprint density at radius 1 is 1.29 bits per heavy atom. The van der Waals surface area contributed by atoms with Crippen LogP contribution in [0.4, 0.5) is 0 Å². The van der Waals surface area contributed by atoms with Crippen LogP contribution >= 0.6 is 0 Å². The summed E-state index contributed by atoms with van der Waals surface area (Å²) >= 11 is 0. The summed E-state index contributed by atoms with van der Waals surface area (Å²) in [5, 5.41) is 3.74. The lowest BCUT2D eigenvalue weighted by molar-refractivity contribution is 0.271. The molecule has 0 heterocycles. The molecule has 0 aromatic heterocycles. The number of nitrogens with one attached hydrogen (secondary N) is 1. The van der Waals surface area contributed by atoms with Crippen LogP contribution in [0.3, 0.4) is 0 Å². The van der Waals surface area contributed by atoms with Gasteiger partial charge in [-0.1, -0.05) is 46.5 Å². The van der Waals surface area contributed by atoms with Gasteiger partial charge in [0.25, 0.3) is 0 Å². The van der Waals surface area contributed by atoms with Crippen molar-refractivity contribution in [1.82, 2.24) is 5.32 Å². The molecule has 0 aromatic carbocycles. The molecule has 1 saturated carbocycles. The van der Waals surface area contributed by atoms with Crippen LogP contribution in [0.5, 0.6) is 0 Å². The number of rotatable bonds is 5. The predicted molar refractivity (Wildman–Crippen MR) is 63.5 cm³/mol. The molecule has 1 rings (SSSR count). The van der Waals surface area contributed by atoms with Gasteiger partial charge in [0, 0.05) is 6.04 Å². The molecular weight excluding hydrogens is 170 g/mol. The molecule has 0 saturated heterocycles. The zero-order valence-electron chi connectivity index (χ0n) is 10.2. The standard InChI is InChI=1S/C13H27N/c1-4-11(3)10-14-13-8-6-7-12(5-2)9-13/h11-14H,4-10H2,1-3H3. The van der Waals surface area contributed by atoms with E-state index in [1.54, 1.807) is 0 Å². The SMILES string of the molecule is CCC(C)CNC1CCCC(CC)C1. The lowest BCUT2D eigenvalue weighted by atomic mass is 9.84. The van der Waals surface area contributed by atoms with Gasteiger partial charge in [0.05, 0.1) is 0 Å². The van der Waals surface area contributed by atoms with Gasteiger partial charge >= 0.3 is 0 Å². The van der Waals surface area contributed by atoms with Gasteiger partial charge in [-0.15, -0.1) is 0 Å². The van der Waals surface area contributed by atoms with E-state index in [0.717, 1.165) is 17.9 Å². The molecule has 1 fully saturated rings. The normalized spacial score (nSPS) is 30.2. The summed E-state index contributed by atoms with van der Waals surface area (Å²) in [5.41, 5.74) is 0. The third-order valence-electron chi connectivity index (χ3n) is 3.81. The fourth-order valence-electron chi connectivity index (χ4n) is 2.36. The van der Waals surface area contributed by atoms with Crippen molar-refractivity contribution in [2.75, 3.05) is 6.54 Å². The Hall–Kier alpha value is -0.0400. The van der Waals surface area contributed by atoms with E-state index in [2.05, 4.69) is 26.1 Å². The first-order chi connectivity index (χ1) is 6.76. The molecule has 1 heteroatoms. The van der Waals surface area contributed by atoms with Gasteiger partial charge in [-0.2, -0.15) is 0 Å². The second-order valence-corrected chi connectivity index (χ2v) is 5.06. The highest BCUT2D eigenvalue weighted by Crippen LogP contribution is 2.26. The molecule has 0 amide bonds. The smallest absolute Gasteiger partial charge is 0.00698 e. The molecule has 0 spiro atoms. The molecule has 1 nitrogen and oxygen atoms in total. The van der Waals surface area contributed by atoms with Gasteiger partial charge in [0.2, 0.25) is 0 Å². The Kier molecular flexibility index (Phi) is 5.54. The Morgan fingerprint density at radius 3 is 2.71 bits per heavy atom. The third kappa shape index (κ3) is 4.00. The van der Waals surface area contributed by atoms with Crippen LogP contribution in [0.15, 0.2) is 0 Å². The molecular formula is C13H27N. The molecule has 3 atom stereocenters. The molecule has 1 aliphatic carbocycles. The summed E-state index contributed by atoms with van der Waals surface area (Å²) in [6, 6.07) is 0.822. The summed E-state index contributed by atoms with van der Waals surface area (Å²) in [5.74, 6) is 1.84. The Bertz CT molecular complexity index is 144. The second-order valence-electron chi connectivity index (χ2n) is 5.06. The lowest BCUT2D eigenvalue weighted by Crippen LogP contribution is -2.36. The van der Waals surface area contributed by atoms with Crippen LogP contribution in [0.2, 0.25) is 0 Å². The van der Waals surface area contributed by atoms with Crippen LogP contribution in [0.25, 0.3) is 0 Å². The minimum atomic E-state index is 0.822. The summed E-state index contributed by atoms with van der Waals surface area (Å²) in [6.07, 6.45) is 8.42. The van der Waals surface area contributed by atoms with Crippen molar-refractivity contribution < 1.29 is 0 Å². The zero-order chi connectivity index (χ0) is 10.4. The van der Waals surface area contributed by atoms with Crippen LogP contribution in [-0.4, -0.2) is 12.6 Å². The first kappa shape index (κ1) is 12.0. The number of hydrogen-bond donors (Lipinski definition) is 1. The Morgan fingerprint density at radius 2 is 2.07 bits per heavy atom. The summed E-state index contributed by atoms with van der Waals surface area (Å²) in [6.45, 7) is 8.18. The third-order valence-corrected chi connectivity index (χ3v) is 3.81. The molecule has 3 unspecified atom stereocenters. The van der Waals surface area contributed by atoms with E-state index in [4.69, 9.17) is 0 Å². The van der Waals surface area contributed by atoms with Gasteiger partial charge in [-0.25, -0.2) is 0 Å². The first-order valence-electron chi connectivity index (χ1n) is 6.49. The van der Waals surface area contributed by atoms with Gasteiger partial charge in [-0.3, -0.25) is 0 Å². The molecule has 0 aliphatic heterocycles. The Balaban J connectivity index is 2.17. The maximum atomic E-state index is 3.74. The largest absolute Gasteiger partial charge is 0.314 e. The average molecular weight is 197 g/mol. The fraction of sp³-hybridized carbons (Fsp3) is 1.00. The first-order valence-corrected chi connectivity index (χ1v) is 6.49. The highest BCUT2D eigenvalue weighted by atomic mass is 14.9. The van der Waals surface area contributed by atoms with Crippen molar-refractivity contribution in [3.8, 4) is 0 Å². The fourth-order valence-corrected chi connectivity index (χ4v) is 2.36. The van der Waals surface area contributed by atoms with Crippen molar-refractivity contribution in [2.45, 2.75) is 65.3 Å². The zero-order valence-corrected chi connectivity index (χ0v) is 10.2. The second kappa shape index (κ2) is 6.44. The van der Waals surface area contributed by atoms with E-state index < -0.39 is 0 Å². The average Bonchev–Trinajstić information content (AvgIpc) is 2.26. The molecule has 0 radical (unpaired) electrons. The molecule has 0 aromatic rings. The van der Waals surface area contributed by atoms with Crippen molar-refractivity contribution in [3.05, 3.63) is 0 Å². The van der Waals surface area contributed by atoms with Crippen molar-refractivity contribution >= 4 is 0 Å². The van der Waals surface area contributed by atoms with Crippen LogP contribution in [0, 0.1) is 11.8 Å². The highest BCUT2D eigenvalue weighted by Gasteiger charge is 2.20. The van der Waals surface area contributed by atoms with E-state index >= 15 is 0 Å². The lowest BCUT2D eigenvalue weighted by Gasteiger charge is -2.30. The van der Waals surface area contributed by atoms with E-state index in [-0.39, 0.29) is 0 Å². The van der Waals surface area contributed by atoms with E-state index in [9.17, 15) is 0 Å². The van der Waals surface area contributed by atoms with Crippen LogP contribution < -0.4 is 5.32 Å². The van der Waals surface area contributed by atoms with Crippen LogP contribution in [0.1, 0.15) is 59.3 Å². The number of hydrogen-bond acceptors (Lipinski definition) is 1. The van der Waals surface area contributed by atoms with E-state index in [0.29, 0.717) is 0 Å². The van der Waals surface area contributed by atoms with E-state index in [1.807, 2.05) is 0 Å². The van der Waals surface area contributed by atoms with Gasteiger partial charge in [0.15, 0.2) is 0 Å². The minimum absolute atomic E-state index is 0.822. The topological polar surface area (TPSA) is 12.0 Å². The van der Waals surface area contributed by atoms with Crippen molar-refractivity contribution in [3.63, 3.8) is 0 Å². The van der Waals surface area contributed by atoms with Crippen molar-refractivity contribution in [1.29, 1.82) is 0 Å². The quantitative estimate of drug-likeness (QED) is 0.710. The highest BCUT2D eigenvalue weighted by molar-refractivity contribution is 4.77. The van der Waals surface area contributed by atoms with Gasteiger partial charge in [-0.05, 0) is 31.2 Å². The van der Waals surface area contributed by atoms with Crippen molar-refractivity contribution in [2.24, 2.45) is 11.8 Å². The minimum Gasteiger partial charge on any atom is -0.314 e. The molecule has 84 valence electrons. The summed E-state index contributed by atoms with van der Waals surface area (Å²) in [7, 11) is 0. The van der Waals surface area contributed by atoms with E-state index in [1.165, 1.54) is 45.1 Å². The monoisotopic (exact) mass is 197 g/mol. The summed E-state index contributed by atoms with van der Waals surface area (Å²) in [4.78, 5) is 0. The summed E-state index contributed by atoms with van der Waals surface area (Å²) < 4.78 is 0. The Labute approximate surface area is 89.7 Å². The van der Waals surface area contributed by atoms with Gasteiger partial charge < -0.3 is 5.32 Å². The van der Waals surface area contributed by atoms with Crippen LogP contribution in [-0.2, 0) is 0 Å².